The van der Waals surface area contributed by atoms with E-state index in [-0.39, 0.29) is 18.9 Å². The van der Waals surface area contributed by atoms with E-state index in [1.54, 1.807) is 18.3 Å². The zero-order valence-electron chi connectivity index (χ0n) is 13.3. The number of fused-ring (bicyclic) bond motifs is 1. The van der Waals surface area contributed by atoms with Crippen molar-refractivity contribution in [1.29, 1.82) is 0 Å². The first-order valence-electron chi connectivity index (χ1n) is 7.69. The van der Waals surface area contributed by atoms with Crippen molar-refractivity contribution in [1.82, 2.24) is 4.98 Å². The maximum atomic E-state index is 11.9. The molecule has 1 amide bonds. The Hall–Kier alpha value is -3.08. The Morgan fingerprint density at radius 2 is 1.83 bits per heavy atom. The number of para-hydroxylation sites is 1. The number of aromatic amines is 1. The molecule has 0 aliphatic rings. The minimum atomic E-state index is -0.432. The highest BCUT2D eigenvalue weighted by Crippen LogP contribution is 2.18. The molecule has 0 aliphatic carbocycles. The van der Waals surface area contributed by atoms with Crippen LogP contribution in [0, 0.1) is 6.92 Å². The van der Waals surface area contributed by atoms with Gasteiger partial charge in [0.25, 0.3) is 5.91 Å². The molecule has 3 aromatic rings. The van der Waals surface area contributed by atoms with E-state index >= 15 is 0 Å². The first-order chi connectivity index (χ1) is 11.6. The fourth-order valence-electron chi connectivity index (χ4n) is 2.46. The topological polar surface area (TPSA) is 71.2 Å². The summed E-state index contributed by atoms with van der Waals surface area (Å²) in [6.07, 6.45) is 1.92. The van der Waals surface area contributed by atoms with Crippen molar-refractivity contribution in [3.8, 4) is 0 Å². The number of aryl methyl sites for hydroxylation is 1. The summed E-state index contributed by atoms with van der Waals surface area (Å²) < 4.78 is 5.06. The molecule has 0 bridgehead atoms. The predicted molar refractivity (Wildman–Crippen MR) is 92.8 cm³/mol. The highest BCUT2D eigenvalue weighted by Gasteiger charge is 2.11. The largest absolute Gasteiger partial charge is 0.455 e. The molecule has 5 nitrogen and oxygen atoms in total. The molecule has 0 aliphatic heterocycles. The molecule has 122 valence electrons. The highest BCUT2D eigenvalue weighted by atomic mass is 16.5. The molecule has 5 heteroatoms. The average molecular weight is 322 g/mol. The number of nitrogens with one attached hydrogen (secondary N) is 2. The van der Waals surface area contributed by atoms with Gasteiger partial charge in [-0.3, -0.25) is 9.59 Å². The van der Waals surface area contributed by atoms with Crippen LogP contribution < -0.4 is 5.32 Å². The monoisotopic (exact) mass is 322 g/mol. The van der Waals surface area contributed by atoms with Gasteiger partial charge in [0, 0.05) is 22.8 Å². The smallest absolute Gasteiger partial charge is 0.310 e. The van der Waals surface area contributed by atoms with Crippen molar-refractivity contribution in [3.63, 3.8) is 0 Å². The number of ether oxygens (including phenoxy) is 1. The minimum Gasteiger partial charge on any atom is -0.455 e. The van der Waals surface area contributed by atoms with Crippen LogP contribution in [0.2, 0.25) is 0 Å². The summed E-state index contributed by atoms with van der Waals surface area (Å²) in [6.45, 7) is 1.67. The van der Waals surface area contributed by atoms with Crippen molar-refractivity contribution < 1.29 is 14.3 Å². The van der Waals surface area contributed by atoms with Crippen LogP contribution in [-0.4, -0.2) is 23.5 Å². The van der Waals surface area contributed by atoms with Crippen LogP contribution in [0.5, 0.6) is 0 Å². The normalized spacial score (nSPS) is 10.5. The molecule has 0 fully saturated rings. The molecule has 2 aromatic carbocycles. The van der Waals surface area contributed by atoms with Crippen LogP contribution in [0.15, 0.2) is 54.7 Å². The van der Waals surface area contributed by atoms with Gasteiger partial charge in [0.15, 0.2) is 6.61 Å². The van der Waals surface area contributed by atoms with Gasteiger partial charge in [-0.2, -0.15) is 0 Å². The zero-order chi connectivity index (χ0) is 16.9. The summed E-state index contributed by atoms with van der Waals surface area (Å²) in [5, 5.41) is 3.68. The van der Waals surface area contributed by atoms with E-state index in [4.69, 9.17) is 4.74 Å². The molecular weight excluding hydrogens is 304 g/mol. The number of carbonyl (C=O) groups is 2. The first-order valence-corrected chi connectivity index (χ1v) is 7.69. The minimum absolute atomic E-state index is 0.127. The average Bonchev–Trinajstić information content (AvgIpc) is 2.98. The number of rotatable bonds is 5. The van der Waals surface area contributed by atoms with Gasteiger partial charge in [-0.15, -0.1) is 0 Å². The molecule has 0 radical (unpaired) electrons. The number of carbonyl (C=O) groups excluding carboxylic acids is 2. The van der Waals surface area contributed by atoms with E-state index in [1.807, 2.05) is 43.3 Å². The quantitative estimate of drug-likeness (QED) is 0.709. The summed E-state index contributed by atoms with van der Waals surface area (Å²) in [4.78, 5) is 26.9. The molecule has 1 heterocycles. The molecule has 0 atom stereocenters. The molecule has 0 spiro atoms. The van der Waals surface area contributed by atoms with E-state index in [0.717, 1.165) is 22.0 Å². The molecule has 1 aromatic heterocycles. The lowest BCUT2D eigenvalue weighted by Crippen LogP contribution is -2.21. The van der Waals surface area contributed by atoms with Crippen LogP contribution in [0.25, 0.3) is 10.9 Å². The van der Waals surface area contributed by atoms with E-state index in [1.165, 1.54) is 0 Å². The second kappa shape index (κ2) is 7.00. The zero-order valence-corrected chi connectivity index (χ0v) is 13.3. The van der Waals surface area contributed by atoms with Crippen molar-refractivity contribution in [3.05, 3.63) is 65.9 Å². The number of esters is 1. The molecule has 0 unspecified atom stereocenters. The highest BCUT2D eigenvalue weighted by molar-refractivity contribution is 5.93. The van der Waals surface area contributed by atoms with Gasteiger partial charge in [-0.1, -0.05) is 35.9 Å². The van der Waals surface area contributed by atoms with E-state index in [9.17, 15) is 9.59 Å². The van der Waals surface area contributed by atoms with Crippen molar-refractivity contribution in [2.45, 2.75) is 13.3 Å². The SMILES string of the molecule is Cc1ccc(NC(=O)COC(=O)Cc2c[nH]c3ccccc23)cc1. The fourth-order valence-corrected chi connectivity index (χ4v) is 2.46. The molecule has 3 rings (SSSR count). The maximum Gasteiger partial charge on any atom is 0.310 e. The molecule has 0 saturated carbocycles. The van der Waals surface area contributed by atoms with Crippen LogP contribution in [0.3, 0.4) is 0 Å². The summed E-state index contributed by atoms with van der Waals surface area (Å²) in [7, 11) is 0. The lowest BCUT2D eigenvalue weighted by atomic mass is 10.1. The molecule has 24 heavy (non-hydrogen) atoms. The Bertz CT molecular complexity index is 866. The van der Waals surface area contributed by atoms with Gasteiger partial charge in [-0.05, 0) is 30.7 Å². The predicted octanol–water partition coefficient (Wildman–Crippen LogP) is 3.20. The van der Waals surface area contributed by atoms with E-state index < -0.39 is 5.97 Å². The third kappa shape index (κ3) is 3.81. The van der Waals surface area contributed by atoms with Gasteiger partial charge >= 0.3 is 5.97 Å². The summed E-state index contributed by atoms with van der Waals surface area (Å²) in [5.74, 6) is -0.787. The molecule has 2 N–H and O–H groups in total. The second-order valence-electron chi connectivity index (χ2n) is 5.61. The van der Waals surface area contributed by atoms with Crippen LogP contribution in [0.1, 0.15) is 11.1 Å². The number of hydrogen-bond donors (Lipinski definition) is 2. The number of benzene rings is 2. The lowest BCUT2D eigenvalue weighted by Gasteiger charge is -2.07. The van der Waals surface area contributed by atoms with Gasteiger partial charge < -0.3 is 15.0 Å². The Balaban J connectivity index is 1.52. The van der Waals surface area contributed by atoms with Crippen LogP contribution >= 0.6 is 0 Å². The van der Waals surface area contributed by atoms with Gasteiger partial charge in [0.2, 0.25) is 0 Å². The van der Waals surface area contributed by atoms with Crippen molar-refractivity contribution in [2.75, 3.05) is 11.9 Å². The van der Waals surface area contributed by atoms with E-state index in [0.29, 0.717) is 5.69 Å². The molecular formula is C19H18N2O3. The number of aromatic nitrogens is 1. The standard InChI is InChI=1S/C19H18N2O3/c1-13-6-8-15(9-7-13)21-18(22)12-24-19(23)10-14-11-20-17-5-3-2-4-16(14)17/h2-9,11,20H,10,12H2,1H3,(H,21,22). The second-order valence-corrected chi connectivity index (χ2v) is 5.61. The number of hydrogen-bond acceptors (Lipinski definition) is 3. The first kappa shape index (κ1) is 15.8. The number of H-pyrrole nitrogens is 1. The number of amides is 1. The summed E-state index contributed by atoms with van der Waals surface area (Å²) in [6, 6.07) is 15.1. The van der Waals surface area contributed by atoms with Crippen LogP contribution in [-0.2, 0) is 20.7 Å². The van der Waals surface area contributed by atoms with Crippen LogP contribution in [0.4, 0.5) is 5.69 Å². The Morgan fingerprint density at radius 3 is 2.62 bits per heavy atom. The summed E-state index contributed by atoms with van der Waals surface area (Å²) >= 11 is 0. The Morgan fingerprint density at radius 1 is 1.08 bits per heavy atom. The third-order valence-electron chi connectivity index (χ3n) is 3.71. The van der Waals surface area contributed by atoms with Gasteiger partial charge in [-0.25, -0.2) is 0 Å². The number of anilines is 1. The van der Waals surface area contributed by atoms with Gasteiger partial charge in [0.1, 0.15) is 0 Å². The van der Waals surface area contributed by atoms with Crippen molar-refractivity contribution >= 4 is 28.5 Å². The molecule has 0 saturated heterocycles. The third-order valence-corrected chi connectivity index (χ3v) is 3.71. The maximum absolute atomic E-state index is 11.9. The lowest BCUT2D eigenvalue weighted by molar-refractivity contribution is -0.146. The van der Waals surface area contributed by atoms with E-state index in [2.05, 4.69) is 10.3 Å². The Labute approximate surface area is 139 Å². The Kier molecular flexibility index (Phi) is 4.61. The summed E-state index contributed by atoms with van der Waals surface area (Å²) in [5.41, 5.74) is 3.61. The van der Waals surface area contributed by atoms with Gasteiger partial charge in [0.05, 0.1) is 6.42 Å². The fraction of sp³-hybridized carbons (Fsp3) is 0.158. The van der Waals surface area contributed by atoms with Crippen molar-refractivity contribution in [2.24, 2.45) is 0 Å².